The van der Waals surface area contributed by atoms with Crippen molar-refractivity contribution in [1.82, 2.24) is 14.8 Å². The average Bonchev–Trinajstić information content (AvgIpc) is 3.21. The van der Waals surface area contributed by atoms with E-state index < -0.39 is 5.54 Å². The van der Waals surface area contributed by atoms with Gasteiger partial charge in [-0.15, -0.1) is 0 Å². The number of rotatable bonds is 4. The maximum atomic E-state index is 4.85. The van der Waals surface area contributed by atoms with Crippen molar-refractivity contribution in [3.05, 3.63) is 132 Å². The van der Waals surface area contributed by atoms with Gasteiger partial charge in [0.2, 0.25) is 0 Å². The second kappa shape index (κ2) is 6.78. The van der Waals surface area contributed by atoms with E-state index in [0.29, 0.717) is 0 Å². The molecule has 0 unspecified atom stereocenters. The largest absolute Gasteiger partial charge is 0.237 e. The lowest BCUT2D eigenvalue weighted by atomic mass is 9.77. The third kappa shape index (κ3) is 2.44. The first-order chi connectivity index (χ1) is 13.9. The van der Waals surface area contributed by atoms with Crippen LogP contribution in [-0.4, -0.2) is 14.8 Å². The summed E-state index contributed by atoms with van der Waals surface area (Å²) in [4.78, 5) is 4.68. The van der Waals surface area contributed by atoms with Gasteiger partial charge in [-0.3, -0.25) is 0 Å². The van der Waals surface area contributed by atoms with Crippen LogP contribution in [0.2, 0.25) is 0 Å². The molecule has 0 saturated carbocycles. The van der Waals surface area contributed by atoms with Gasteiger partial charge in [0.25, 0.3) is 0 Å². The van der Waals surface area contributed by atoms with Crippen LogP contribution in [0.1, 0.15) is 16.7 Å². The van der Waals surface area contributed by atoms with E-state index >= 15 is 0 Å². The summed E-state index contributed by atoms with van der Waals surface area (Å²) in [5.41, 5.74) is 3.66. The molecule has 0 aliphatic heterocycles. The highest BCUT2D eigenvalue weighted by molar-refractivity contribution is 5.75. The Bertz CT molecular complexity index is 1100. The Morgan fingerprint density at radius 1 is 0.571 bits per heavy atom. The molecule has 0 fully saturated rings. The summed E-state index contributed by atoms with van der Waals surface area (Å²) in [6.07, 6.45) is 3.72. The molecule has 2 aromatic heterocycles. The quantitative estimate of drug-likeness (QED) is 0.408. The summed E-state index contributed by atoms with van der Waals surface area (Å²) in [5, 5.41) is 5.87. The lowest BCUT2D eigenvalue weighted by Crippen LogP contribution is -2.38. The summed E-state index contributed by atoms with van der Waals surface area (Å²) in [7, 11) is 0. The SMILES string of the molecule is c1ccc(C(c2ccccc2)(c2ccccc2)n2ncc3cccnc32)cc1. The predicted molar refractivity (Wildman–Crippen MR) is 112 cm³/mol. The van der Waals surface area contributed by atoms with Crippen LogP contribution in [0.3, 0.4) is 0 Å². The Morgan fingerprint density at radius 2 is 1.07 bits per heavy atom. The first-order valence-electron chi connectivity index (χ1n) is 9.36. The molecule has 3 heteroatoms. The Morgan fingerprint density at radius 3 is 1.57 bits per heavy atom. The molecule has 0 spiro atoms. The van der Waals surface area contributed by atoms with Crippen molar-refractivity contribution >= 4 is 11.0 Å². The summed E-state index contributed by atoms with van der Waals surface area (Å²) < 4.78 is 2.06. The minimum absolute atomic E-state index is 0.625. The van der Waals surface area contributed by atoms with E-state index in [1.54, 1.807) is 0 Å². The van der Waals surface area contributed by atoms with Crippen molar-refractivity contribution in [3.8, 4) is 0 Å². The minimum atomic E-state index is -0.625. The minimum Gasteiger partial charge on any atom is -0.237 e. The summed E-state index contributed by atoms with van der Waals surface area (Å²) in [6, 6.07) is 35.6. The van der Waals surface area contributed by atoms with E-state index in [1.165, 1.54) is 0 Å². The molecule has 0 atom stereocenters. The summed E-state index contributed by atoms with van der Waals surface area (Å²) >= 11 is 0. The van der Waals surface area contributed by atoms with Crippen LogP contribution >= 0.6 is 0 Å². The maximum absolute atomic E-state index is 4.85. The number of benzene rings is 3. The highest BCUT2D eigenvalue weighted by atomic mass is 15.3. The molecule has 0 radical (unpaired) electrons. The van der Waals surface area contributed by atoms with Crippen molar-refractivity contribution < 1.29 is 0 Å². The van der Waals surface area contributed by atoms with Gasteiger partial charge >= 0.3 is 0 Å². The first-order valence-corrected chi connectivity index (χ1v) is 9.36. The Labute approximate surface area is 163 Å². The van der Waals surface area contributed by atoms with Crippen molar-refractivity contribution in [3.63, 3.8) is 0 Å². The maximum Gasteiger partial charge on any atom is 0.159 e. The Balaban J connectivity index is 1.96. The number of hydrogen-bond acceptors (Lipinski definition) is 2. The van der Waals surface area contributed by atoms with E-state index in [0.717, 1.165) is 27.7 Å². The van der Waals surface area contributed by atoms with Crippen molar-refractivity contribution in [1.29, 1.82) is 0 Å². The zero-order chi connectivity index (χ0) is 18.8. The molecule has 0 bridgehead atoms. The lowest BCUT2D eigenvalue weighted by Gasteiger charge is -2.36. The molecule has 3 aromatic carbocycles. The number of hydrogen-bond donors (Lipinski definition) is 0. The Kier molecular flexibility index (Phi) is 3.99. The van der Waals surface area contributed by atoms with Gasteiger partial charge in [-0.05, 0) is 28.8 Å². The first kappa shape index (κ1) is 16.5. The van der Waals surface area contributed by atoms with Crippen LogP contribution < -0.4 is 0 Å². The fraction of sp³-hybridized carbons (Fsp3) is 0.0400. The van der Waals surface area contributed by atoms with E-state index in [4.69, 9.17) is 5.10 Å². The van der Waals surface area contributed by atoms with Gasteiger partial charge < -0.3 is 0 Å². The zero-order valence-corrected chi connectivity index (χ0v) is 15.3. The van der Waals surface area contributed by atoms with Gasteiger partial charge in [0.05, 0.1) is 6.20 Å². The van der Waals surface area contributed by atoms with E-state index in [-0.39, 0.29) is 0 Å². The smallest absolute Gasteiger partial charge is 0.159 e. The Hall–Kier alpha value is -3.72. The molecule has 0 amide bonds. The third-order valence-corrected chi connectivity index (χ3v) is 5.22. The van der Waals surface area contributed by atoms with Crippen LogP contribution in [0.4, 0.5) is 0 Å². The molecule has 0 N–H and O–H groups in total. The number of nitrogens with zero attached hydrogens (tertiary/aromatic N) is 3. The molecule has 0 saturated heterocycles. The molecule has 28 heavy (non-hydrogen) atoms. The molecule has 2 heterocycles. The lowest BCUT2D eigenvalue weighted by molar-refractivity contribution is 0.472. The van der Waals surface area contributed by atoms with Gasteiger partial charge in [0, 0.05) is 11.6 Å². The van der Waals surface area contributed by atoms with Gasteiger partial charge in [-0.25, -0.2) is 9.67 Å². The van der Waals surface area contributed by atoms with E-state index in [1.807, 2.05) is 36.7 Å². The van der Waals surface area contributed by atoms with Crippen molar-refractivity contribution in [2.45, 2.75) is 5.54 Å². The van der Waals surface area contributed by atoms with Crippen LogP contribution in [0, 0.1) is 0 Å². The van der Waals surface area contributed by atoms with Gasteiger partial charge in [0.1, 0.15) is 5.54 Å². The average molecular weight is 361 g/mol. The topological polar surface area (TPSA) is 30.7 Å². The number of pyridine rings is 1. The summed E-state index contributed by atoms with van der Waals surface area (Å²) in [5.74, 6) is 0. The zero-order valence-electron chi connectivity index (χ0n) is 15.3. The van der Waals surface area contributed by atoms with E-state index in [2.05, 4.69) is 88.5 Å². The van der Waals surface area contributed by atoms with E-state index in [9.17, 15) is 0 Å². The number of fused-ring (bicyclic) bond motifs is 1. The third-order valence-electron chi connectivity index (χ3n) is 5.22. The fourth-order valence-corrected chi connectivity index (χ4v) is 4.01. The normalized spacial score (nSPS) is 11.6. The van der Waals surface area contributed by atoms with Gasteiger partial charge in [0.15, 0.2) is 5.65 Å². The molecule has 0 aliphatic rings. The van der Waals surface area contributed by atoms with Crippen molar-refractivity contribution in [2.75, 3.05) is 0 Å². The second-order valence-corrected chi connectivity index (χ2v) is 6.78. The van der Waals surface area contributed by atoms with Crippen LogP contribution in [-0.2, 0) is 5.54 Å². The summed E-state index contributed by atoms with van der Waals surface area (Å²) in [6.45, 7) is 0. The number of aromatic nitrogens is 3. The molecule has 5 aromatic rings. The second-order valence-electron chi connectivity index (χ2n) is 6.78. The molecular formula is C25H19N3. The molecule has 5 rings (SSSR count). The highest BCUT2D eigenvalue weighted by Crippen LogP contribution is 2.41. The molecule has 0 aliphatic carbocycles. The van der Waals surface area contributed by atoms with Crippen molar-refractivity contribution in [2.24, 2.45) is 0 Å². The molecule has 3 nitrogen and oxygen atoms in total. The molecular weight excluding hydrogens is 342 g/mol. The monoisotopic (exact) mass is 361 g/mol. The molecule has 134 valence electrons. The predicted octanol–water partition coefficient (Wildman–Crippen LogP) is 5.27. The highest BCUT2D eigenvalue weighted by Gasteiger charge is 2.40. The van der Waals surface area contributed by atoms with Crippen LogP contribution in [0.15, 0.2) is 116 Å². The van der Waals surface area contributed by atoms with Gasteiger partial charge in [-0.2, -0.15) is 5.10 Å². The van der Waals surface area contributed by atoms with Crippen LogP contribution in [0.25, 0.3) is 11.0 Å². The van der Waals surface area contributed by atoms with Crippen LogP contribution in [0.5, 0.6) is 0 Å². The standard InChI is InChI=1S/C25H19N3/c1-4-12-21(13-5-1)25(22-14-6-2-7-15-22,23-16-8-3-9-17-23)28-24-20(19-27-28)11-10-18-26-24/h1-19H. The van der Waals surface area contributed by atoms with Gasteiger partial charge in [-0.1, -0.05) is 91.0 Å². The fourth-order valence-electron chi connectivity index (χ4n) is 4.01.